The molecular weight excluding hydrogens is 312 g/mol. The predicted octanol–water partition coefficient (Wildman–Crippen LogP) is 2.61. The maximum Gasteiger partial charge on any atom is 0.318 e. The van der Waals surface area contributed by atoms with Crippen molar-refractivity contribution in [2.75, 3.05) is 7.05 Å². The van der Waals surface area contributed by atoms with Crippen LogP contribution in [0.5, 0.6) is 0 Å². The van der Waals surface area contributed by atoms with Crippen LogP contribution in [-0.4, -0.2) is 37.7 Å². The molecule has 0 spiro atoms. The monoisotopic (exact) mass is 336 g/mol. The first-order valence-corrected chi connectivity index (χ1v) is 8.43. The Morgan fingerprint density at radius 1 is 1.43 bits per heavy atom. The summed E-state index contributed by atoms with van der Waals surface area (Å²) in [5.74, 6) is 1.12. The largest absolute Gasteiger partial charge is 0.331 e. The van der Waals surface area contributed by atoms with Crippen LogP contribution in [0.4, 0.5) is 4.79 Å². The van der Waals surface area contributed by atoms with Crippen molar-refractivity contribution in [2.24, 2.45) is 7.05 Å². The van der Waals surface area contributed by atoms with Crippen LogP contribution in [0.2, 0.25) is 0 Å². The van der Waals surface area contributed by atoms with Gasteiger partial charge in [0, 0.05) is 24.9 Å². The lowest BCUT2D eigenvalue weighted by molar-refractivity contribution is 0.194. The standard InChI is InChI=1S/C15H24N6OS/c1-9(2)14-19-10(3)13(23-14)11(4)20(5)15(22)16-7-12-17-8-18-21(12)6/h8-9,11H,7H2,1-6H3,(H,16,22). The predicted molar refractivity (Wildman–Crippen MR) is 90.4 cm³/mol. The SMILES string of the molecule is Cc1nc(C(C)C)sc1C(C)N(C)C(=O)NCc1ncnn1C. The normalized spacial score (nSPS) is 12.5. The number of rotatable bonds is 5. The number of thiazole rings is 1. The highest BCUT2D eigenvalue weighted by atomic mass is 32.1. The molecular formula is C15H24N6OS. The highest BCUT2D eigenvalue weighted by Crippen LogP contribution is 2.31. The van der Waals surface area contributed by atoms with Gasteiger partial charge in [0.15, 0.2) is 0 Å². The Bertz CT molecular complexity index is 677. The fraction of sp³-hybridized carbons (Fsp3) is 0.600. The number of carbonyl (C=O) groups excluding carboxylic acids is 1. The lowest BCUT2D eigenvalue weighted by atomic mass is 10.2. The molecule has 0 saturated heterocycles. The molecule has 2 amide bonds. The van der Waals surface area contributed by atoms with E-state index in [2.05, 4.69) is 34.2 Å². The molecule has 0 bridgehead atoms. The van der Waals surface area contributed by atoms with E-state index in [1.807, 2.05) is 13.8 Å². The summed E-state index contributed by atoms with van der Waals surface area (Å²) in [7, 11) is 3.60. The Kier molecular flexibility index (Phi) is 5.35. The molecule has 0 aliphatic carbocycles. The van der Waals surface area contributed by atoms with E-state index in [4.69, 9.17) is 0 Å². The van der Waals surface area contributed by atoms with Gasteiger partial charge in [0.05, 0.1) is 23.3 Å². The van der Waals surface area contributed by atoms with Crippen LogP contribution in [0, 0.1) is 6.92 Å². The van der Waals surface area contributed by atoms with Gasteiger partial charge in [-0.25, -0.2) is 14.8 Å². The zero-order valence-corrected chi connectivity index (χ0v) is 15.3. The average molecular weight is 336 g/mol. The summed E-state index contributed by atoms with van der Waals surface area (Å²) in [4.78, 5) is 23.9. The highest BCUT2D eigenvalue weighted by Gasteiger charge is 2.22. The lowest BCUT2D eigenvalue weighted by Crippen LogP contribution is -2.38. The number of aromatic nitrogens is 4. The first-order chi connectivity index (χ1) is 10.8. The van der Waals surface area contributed by atoms with Crippen LogP contribution in [0.15, 0.2) is 6.33 Å². The van der Waals surface area contributed by atoms with Crippen molar-refractivity contribution in [2.45, 2.75) is 46.2 Å². The Balaban J connectivity index is 2.02. The Morgan fingerprint density at radius 2 is 2.13 bits per heavy atom. The molecule has 7 nitrogen and oxygen atoms in total. The fourth-order valence-corrected chi connectivity index (χ4v) is 3.34. The van der Waals surface area contributed by atoms with Crippen LogP contribution in [0.25, 0.3) is 0 Å². The van der Waals surface area contributed by atoms with Gasteiger partial charge in [-0.3, -0.25) is 4.68 Å². The quantitative estimate of drug-likeness (QED) is 0.910. The van der Waals surface area contributed by atoms with Gasteiger partial charge in [0.1, 0.15) is 12.2 Å². The van der Waals surface area contributed by atoms with Crippen LogP contribution in [0.1, 0.15) is 54.1 Å². The van der Waals surface area contributed by atoms with Crippen molar-refractivity contribution in [3.05, 3.63) is 27.7 Å². The van der Waals surface area contributed by atoms with Crippen LogP contribution in [0.3, 0.4) is 0 Å². The molecule has 1 unspecified atom stereocenters. The number of amides is 2. The number of nitrogens with zero attached hydrogens (tertiary/aromatic N) is 5. The molecule has 2 heterocycles. The molecule has 0 fully saturated rings. The molecule has 0 saturated carbocycles. The summed E-state index contributed by atoms with van der Waals surface area (Å²) in [5.41, 5.74) is 0.999. The first kappa shape index (κ1) is 17.4. The topological polar surface area (TPSA) is 75.9 Å². The summed E-state index contributed by atoms with van der Waals surface area (Å²) in [6.45, 7) is 8.63. The number of aryl methyl sites for hydroxylation is 2. The van der Waals surface area contributed by atoms with Gasteiger partial charge in [0.2, 0.25) is 0 Å². The minimum absolute atomic E-state index is 0.0282. The maximum atomic E-state index is 12.4. The van der Waals surface area contributed by atoms with Gasteiger partial charge in [0.25, 0.3) is 0 Å². The molecule has 23 heavy (non-hydrogen) atoms. The smallest absolute Gasteiger partial charge is 0.318 e. The summed E-state index contributed by atoms with van der Waals surface area (Å²) in [5, 5.41) is 7.97. The van der Waals surface area contributed by atoms with E-state index < -0.39 is 0 Å². The van der Waals surface area contributed by atoms with E-state index in [0.717, 1.165) is 21.4 Å². The number of hydrogen-bond acceptors (Lipinski definition) is 5. The lowest BCUT2D eigenvalue weighted by Gasteiger charge is -2.24. The van der Waals surface area contributed by atoms with Crippen LogP contribution < -0.4 is 5.32 Å². The van der Waals surface area contributed by atoms with E-state index in [1.165, 1.54) is 6.33 Å². The molecule has 0 aromatic carbocycles. The molecule has 1 N–H and O–H groups in total. The zero-order valence-electron chi connectivity index (χ0n) is 14.5. The molecule has 126 valence electrons. The Labute approximate surface area is 140 Å². The summed E-state index contributed by atoms with van der Waals surface area (Å²) in [6.07, 6.45) is 1.47. The van der Waals surface area contributed by atoms with E-state index in [1.54, 1.807) is 35.0 Å². The van der Waals surface area contributed by atoms with E-state index in [9.17, 15) is 4.79 Å². The van der Waals surface area contributed by atoms with E-state index in [0.29, 0.717) is 12.5 Å². The highest BCUT2D eigenvalue weighted by molar-refractivity contribution is 7.11. The molecule has 2 aromatic rings. The van der Waals surface area contributed by atoms with Gasteiger partial charge >= 0.3 is 6.03 Å². The zero-order chi connectivity index (χ0) is 17.1. The molecule has 0 radical (unpaired) electrons. The summed E-state index contributed by atoms with van der Waals surface area (Å²) in [6, 6.07) is -0.168. The Morgan fingerprint density at radius 3 is 2.65 bits per heavy atom. The third-order valence-electron chi connectivity index (χ3n) is 3.83. The van der Waals surface area contributed by atoms with Gasteiger partial charge in [-0.15, -0.1) is 11.3 Å². The summed E-state index contributed by atoms with van der Waals surface area (Å²) >= 11 is 1.68. The van der Waals surface area contributed by atoms with Gasteiger partial charge in [-0.2, -0.15) is 5.10 Å². The van der Waals surface area contributed by atoms with Gasteiger partial charge in [-0.1, -0.05) is 13.8 Å². The van der Waals surface area contributed by atoms with Crippen molar-refractivity contribution in [3.63, 3.8) is 0 Å². The number of nitrogens with one attached hydrogen (secondary N) is 1. The number of carbonyl (C=O) groups is 1. The maximum absolute atomic E-state index is 12.4. The van der Waals surface area contributed by atoms with Crippen LogP contribution >= 0.6 is 11.3 Å². The fourth-order valence-electron chi connectivity index (χ4n) is 2.18. The van der Waals surface area contributed by atoms with Gasteiger partial charge < -0.3 is 10.2 Å². The molecule has 0 aliphatic heterocycles. The van der Waals surface area contributed by atoms with Crippen molar-refractivity contribution in [1.29, 1.82) is 0 Å². The number of hydrogen-bond donors (Lipinski definition) is 1. The average Bonchev–Trinajstić information content (AvgIpc) is 3.09. The van der Waals surface area contributed by atoms with Crippen LogP contribution in [-0.2, 0) is 13.6 Å². The third kappa shape index (κ3) is 3.87. The molecule has 2 aromatic heterocycles. The van der Waals surface area contributed by atoms with Crippen molar-refractivity contribution < 1.29 is 4.79 Å². The third-order valence-corrected chi connectivity index (χ3v) is 5.45. The first-order valence-electron chi connectivity index (χ1n) is 7.62. The second-order valence-corrected chi connectivity index (χ2v) is 6.96. The van der Waals surface area contributed by atoms with Crippen molar-refractivity contribution in [3.8, 4) is 0 Å². The minimum atomic E-state index is -0.139. The van der Waals surface area contributed by atoms with Crippen molar-refractivity contribution in [1.82, 2.24) is 30.0 Å². The minimum Gasteiger partial charge on any atom is -0.331 e. The molecule has 1 atom stereocenters. The second-order valence-electron chi connectivity index (χ2n) is 5.90. The molecule has 8 heteroatoms. The molecule has 2 rings (SSSR count). The van der Waals surface area contributed by atoms with Crippen molar-refractivity contribution >= 4 is 17.4 Å². The van der Waals surface area contributed by atoms with E-state index in [-0.39, 0.29) is 12.1 Å². The van der Waals surface area contributed by atoms with E-state index >= 15 is 0 Å². The number of urea groups is 1. The Hall–Kier alpha value is -1.96. The second kappa shape index (κ2) is 7.08. The molecule has 0 aliphatic rings. The summed E-state index contributed by atoms with van der Waals surface area (Å²) < 4.78 is 1.64. The van der Waals surface area contributed by atoms with Gasteiger partial charge in [-0.05, 0) is 13.8 Å².